The SMILES string of the molecule is CCNC(=NCc1cnn(C)c1)NCC(C)C. The molecule has 5 heteroatoms. The molecule has 1 aromatic rings. The number of aryl methyl sites for hydroxylation is 1. The molecule has 1 aromatic heterocycles. The highest BCUT2D eigenvalue weighted by atomic mass is 15.2. The number of hydrogen-bond acceptors (Lipinski definition) is 2. The Morgan fingerprint density at radius 2 is 2.24 bits per heavy atom. The molecule has 0 fully saturated rings. The lowest BCUT2D eigenvalue weighted by atomic mass is 10.2. The largest absolute Gasteiger partial charge is 0.357 e. The number of guanidine groups is 1. The minimum atomic E-state index is 0.609. The van der Waals surface area contributed by atoms with Crippen molar-refractivity contribution in [1.82, 2.24) is 20.4 Å². The zero-order valence-electron chi connectivity index (χ0n) is 11.2. The highest BCUT2D eigenvalue weighted by Crippen LogP contribution is 1.98. The first-order valence-corrected chi connectivity index (χ1v) is 6.11. The molecule has 0 spiro atoms. The first-order valence-electron chi connectivity index (χ1n) is 6.11. The second kappa shape index (κ2) is 6.93. The molecule has 0 bridgehead atoms. The maximum absolute atomic E-state index is 4.51. The van der Waals surface area contributed by atoms with Gasteiger partial charge in [0.25, 0.3) is 0 Å². The van der Waals surface area contributed by atoms with E-state index in [1.807, 2.05) is 19.4 Å². The number of nitrogens with zero attached hydrogens (tertiary/aromatic N) is 3. The summed E-state index contributed by atoms with van der Waals surface area (Å²) < 4.78 is 1.79. The van der Waals surface area contributed by atoms with Gasteiger partial charge >= 0.3 is 0 Å². The van der Waals surface area contributed by atoms with E-state index in [-0.39, 0.29) is 0 Å². The average molecular weight is 237 g/mol. The van der Waals surface area contributed by atoms with Crippen LogP contribution in [0, 0.1) is 5.92 Å². The first-order chi connectivity index (χ1) is 8.11. The molecule has 1 rings (SSSR count). The van der Waals surface area contributed by atoms with E-state index in [9.17, 15) is 0 Å². The molecule has 0 unspecified atom stereocenters. The molecule has 0 radical (unpaired) electrons. The first kappa shape index (κ1) is 13.5. The monoisotopic (exact) mass is 237 g/mol. The van der Waals surface area contributed by atoms with Gasteiger partial charge in [-0.25, -0.2) is 4.99 Å². The summed E-state index contributed by atoms with van der Waals surface area (Å²) in [5.74, 6) is 1.47. The lowest BCUT2D eigenvalue weighted by molar-refractivity contribution is 0.615. The zero-order chi connectivity index (χ0) is 12.7. The Morgan fingerprint density at radius 3 is 2.76 bits per heavy atom. The molecular formula is C12H23N5. The van der Waals surface area contributed by atoms with E-state index in [1.165, 1.54) is 0 Å². The third-order valence-corrected chi connectivity index (χ3v) is 2.20. The molecule has 0 atom stereocenters. The van der Waals surface area contributed by atoms with Crippen LogP contribution in [0.2, 0.25) is 0 Å². The molecule has 5 nitrogen and oxygen atoms in total. The van der Waals surface area contributed by atoms with Crippen LogP contribution < -0.4 is 10.6 Å². The molecule has 0 saturated carbocycles. The molecule has 96 valence electrons. The van der Waals surface area contributed by atoms with Crippen LogP contribution in [0.5, 0.6) is 0 Å². The normalized spacial score (nSPS) is 11.9. The van der Waals surface area contributed by atoms with Crippen molar-refractivity contribution in [3.8, 4) is 0 Å². The third kappa shape index (κ3) is 5.38. The van der Waals surface area contributed by atoms with Crippen molar-refractivity contribution in [2.45, 2.75) is 27.3 Å². The number of rotatable bonds is 5. The van der Waals surface area contributed by atoms with Crippen LogP contribution in [0.4, 0.5) is 0 Å². The van der Waals surface area contributed by atoms with Crippen molar-refractivity contribution in [3.63, 3.8) is 0 Å². The average Bonchev–Trinajstić information content (AvgIpc) is 2.68. The smallest absolute Gasteiger partial charge is 0.191 e. The summed E-state index contributed by atoms with van der Waals surface area (Å²) in [7, 11) is 1.91. The Balaban J connectivity index is 2.50. The zero-order valence-corrected chi connectivity index (χ0v) is 11.2. The predicted octanol–water partition coefficient (Wildman–Crippen LogP) is 1.13. The summed E-state index contributed by atoms with van der Waals surface area (Å²) in [5.41, 5.74) is 1.12. The van der Waals surface area contributed by atoms with Crippen LogP contribution >= 0.6 is 0 Å². The fourth-order valence-electron chi connectivity index (χ4n) is 1.37. The number of nitrogens with one attached hydrogen (secondary N) is 2. The predicted molar refractivity (Wildman–Crippen MR) is 70.9 cm³/mol. The number of aliphatic imine (C=N–C) groups is 1. The van der Waals surface area contributed by atoms with Crippen molar-refractivity contribution in [2.24, 2.45) is 18.0 Å². The Kier molecular flexibility index (Phi) is 5.52. The van der Waals surface area contributed by atoms with E-state index >= 15 is 0 Å². The van der Waals surface area contributed by atoms with Crippen LogP contribution in [-0.2, 0) is 13.6 Å². The van der Waals surface area contributed by atoms with Crippen LogP contribution in [-0.4, -0.2) is 28.8 Å². The molecule has 0 amide bonds. The van der Waals surface area contributed by atoms with Gasteiger partial charge in [-0.2, -0.15) is 5.10 Å². The minimum absolute atomic E-state index is 0.609. The van der Waals surface area contributed by atoms with Gasteiger partial charge in [-0.05, 0) is 12.8 Å². The summed E-state index contributed by atoms with van der Waals surface area (Å²) in [4.78, 5) is 4.51. The van der Waals surface area contributed by atoms with Crippen molar-refractivity contribution in [1.29, 1.82) is 0 Å². The maximum atomic E-state index is 4.51. The highest BCUT2D eigenvalue weighted by molar-refractivity contribution is 5.79. The summed E-state index contributed by atoms with van der Waals surface area (Å²) in [6.07, 6.45) is 3.82. The fourth-order valence-corrected chi connectivity index (χ4v) is 1.37. The van der Waals surface area contributed by atoms with Gasteiger partial charge in [0.05, 0.1) is 12.7 Å². The van der Waals surface area contributed by atoms with Crippen LogP contribution in [0.15, 0.2) is 17.4 Å². The van der Waals surface area contributed by atoms with Gasteiger partial charge in [-0.3, -0.25) is 4.68 Å². The minimum Gasteiger partial charge on any atom is -0.357 e. The second-order valence-corrected chi connectivity index (χ2v) is 4.49. The molecule has 0 aliphatic heterocycles. The van der Waals surface area contributed by atoms with Crippen molar-refractivity contribution in [2.75, 3.05) is 13.1 Å². The lowest BCUT2D eigenvalue weighted by Gasteiger charge is -2.12. The van der Waals surface area contributed by atoms with E-state index in [0.717, 1.165) is 24.6 Å². The number of aromatic nitrogens is 2. The Morgan fingerprint density at radius 1 is 1.47 bits per heavy atom. The van der Waals surface area contributed by atoms with Crippen LogP contribution in [0.25, 0.3) is 0 Å². The molecule has 0 aliphatic carbocycles. The highest BCUT2D eigenvalue weighted by Gasteiger charge is 2.00. The molecule has 0 saturated heterocycles. The fraction of sp³-hybridized carbons (Fsp3) is 0.667. The second-order valence-electron chi connectivity index (χ2n) is 4.49. The molecule has 0 aromatic carbocycles. The molecule has 17 heavy (non-hydrogen) atoms. The van der Waals surface area contributed by atoms with Gasteiger partial charge in [-0.15, -0.1) is 0 Å². The Bertz CT molecular complexity index is 354. The van der Waals surface area contributed by atoms with E-state index < -0.39 is 0 Å². The quantitative estimate of drug-likeness (QED) is 0.596. The summed E-state index contributed by atoms with van der Waals surface area (Å²) >= 11 is 0. The standard InChI is InChI=1S/C12H23N5/c1-5-13-12(14-6-10(2)3)15-7-11-8-16-17(4)9-11/h8-10H,5-7H2,1-4H3,(H2,13,14,15). The molecule has 1 heterocycles. The van der Waals surface area contributed by atoms with Crippen LogP contribution in [0.1, 0.15) is 26.3 Å². The number of hydrogen-bond donors (Lipinski definition) is 2. The van der Waals surface area contributed by atoms with Crippen molar-refractivity contribution < 1.29 is 0 Å². The van der Waals surface area contributed by atoms with Gasteiger partial charge in [0.15, 0.2) is 5.96 Å². The van der Waals surface area contributed by atoms with E-state index in [1.54, 1.807) is 4.68 Å². The summed E-state index contributed by atoms with van der Waals surface area (Å²) in [5, 5.41) is 10.7. The van der Waals surface area contributed by atoms with E-state index in [4.69, 9.17) is 0 Å². The Hall–Kier alpha value is -1.52. The lowest BCUT2D eigenvalue weighted by Crippen LogP contribution is -2.39. The van der Waals surface area contributed by atoms with Gasteiger partial charge < -0.3 is 10.6 Å². The van der Waals surface area contributed by atoms with Gasteiger partial charge in [-0.1, -0.05) is 13.8 Å². The topological polar surface area (TPSA) is 54.2 Å². The maximum Gasteiger partial charge on any atom is 0.191 e. The molecule has 2 N–H and O–H groups in total. The molecular weight excluding hydrogens is 214 g/mol. The van der Waals surface area contributed by atoms with E-state index in [0.29, 0.717) is 12.5 Å². The third-order valence-electron chi connectivity index (χ3n) is 2.20. The van der Waals surface area contributed by atoms with E-state index in [2.05, 4.69) is 41.5 Å². The van der Waals surface area contributed by atoms with Crippen LogP contribution in [0.3, 0.4) is 0 Å². The van der Waals surface area contributed by atoms with Gasteiger partial charge in [0.1, 0.15) is 0 Å². The molecule has 0 aliphatic rings. The van der Waals surface area contributed by atoms with Crippen molar-refractivity contribution in [3.05, 3.63) is 18.0 Å². The Labute approximate surface area is 103 Å². The van der Waals surface area contributed by atoms with Gasteiger partial charge in [0, 0.05) is 31.9 Å². The van der Waals surface area contributed by atoms with Gasteiger partial charge in [0.2, 0.25) is 0 Å². The summed E-state index contributed by atoms with van der Waals surface area (Å²) in [6.45, 7) is 8.88. The van der Waals surface area contributed by atoms with Crippen molar-refractivity contribution >= 4 is 5.96 Å². The summed E-state index contributed by atoms with van der Waals surface area (Å²) in [6, 6.07) is 0.